The van der Waals surface area contributed by atoms with E-state index in [0.717, 1.165) is 17.7 Å². The van der Waals surface area contributed by atoms with Gasteiger partial charge in [-0.15, -0.1) is 0 Å². The molecule has 1 aromatic carbocycles. The van der Waals surface area contributed by atoms with Crippen LogP contribution < -0.4 is 15.6 Å². The van der Waals surface area contributed by atoms with Crippen molar-refractivity contribution in [3.05, 3.63) is 64.6 Å². The number of amides is 1. The summed E-state index contributed by atoms with van der Waals surface area (Å²) in [4.78, 5) is 17.4. The van der Waals surface area contributed by atoms with Gasteiger partial charge in [-0.25, -0.2) is 19.2 Å². The van der Waals surface area contributed by atoms with E-state index in [-0.39, 0.29) is 18.2 Å². The van der Waals surface area contributed by atoms with Gasteiger partial charge in [-0.1, -0.05) is 6.07 Å². The average molecular weight is 481 g/mol. The SMILES string of the molecule is Cc1cc(OCc2c(F)cccc2F)c2nc(C)c(C(=O)NNC3CCS(O)(O)CC3)n2c1. The molecule has 0 aliphatic carbocycles. The Morgan fingerprint density at radius 1 is 1.24 bits per heavy atom. The van der Waals surface area contributed by atoms with Gasteiger partial charge in [0.25, 0.3) is 5.91 Å². The van der Waals surface area contributed by atoms with Crippen LogP contribution in [0.3, 0.4) is 0 Å². The number of fused-ring (bicyclic) bond motifs is 1. The number of rotatable bonds is 6. The van der Waals surface area contributed by atoms with Crippen LogP contribution in [0.1, 0.15) is 40.2 Å². The molecule has 178 valence electrons. The van der Waals surface area contributed by atoms with E-state index in [4.69, 9.17) is 4.74 Å². The lowest BCUT2D eigenvalue weighted by molar-refractivity contribution is 0.0917. The Morgan fingerprint density at radius 2 is 1.91 bits per heavy atom. The number of nitrogens with one attached hydrogen (secondary N) is 2. The van der Waals surface area contributed by atoms with Crippen LogP contribution >= 0.6 is 10.6 Å². The number of carbonyl (C=O) groups excluding carboxylic acids is 1. The van der Waals surface area contributed by atoms with Crippen molar-refractivity contribution in [3.63, 3.8) is 0 Å². The van der Waals surface area contributed by atoms with Crippen LogP contribution in [0.15, 0.2) is 30.5 Å². The summed E-state index contributed by atoms with van der Waals surface area (Å²) in [6.45, 7) is 3.17. The number of nitrogens with zero attached hydrogens (tertiary/aromatic N) is 2. The first-order chi connectivity index (χ1) is 15.6. The van der Waals surface area contributed by atoms with E-state index in [1.54, 1.807) is 23.6 Å². The number of halogens is 2. The number of benzene rings is 1. The highest BCUT2D eigenvalue weighted by Gasteiger charge is 2.25. The third-order valence-corrected chi connectivity index (χ3v) is 7.40. The van der Waals surface area contributed by atoms with Crippen LogP contribution in [0.5, 0.6) is 5.75 Å². The molecule has 3 aromatic rings. The topological polar surface area (TPSA) is 108 Å². The number of ether oxygens (including phenoxy) is 1. The molecule has 0 radical (unpaired) electrons. The van der Waals surface area contributed by atoms with Gasteiger partial charge in [0.05, 0.1) is 11.3 Å². The maximum absolute atomic E-state index is 14.0. The predicted octanol–water partition coefficient (Wildman–Crippen LogP) is 3.96. The number of carbonyl (C=O) groups is 1. The number of hydrogen-bond donors (Lipinski definition) is 4. The minimum absolute atomic E-state index is 0.0651. The quantitative estimate of drug-likeness (QED) is 0.398. The van der Waals surface area contributed by atoms with Crippen molar-refractivity contribution in [1.82, 2.24) is 20.2 Å². The second-order valence-corrected chi connectivity index (χ2v) is 10.6. The molecule has 1 aliphatic heterocycles. The molecule has 1 saturated heterocycles. The second-order valence-electron chi connectivity index (χ2n) is 8.19. The first-order valence-electron chi connectivity index (χ1n) is 10.5. The molecule has 3 heterocycles. The van der Waals surface area contributed by atoms with Crippen molar-refractivity contribution < 1.29 is 27.4 Å². The zero-order valence-corrected chi connectivity index (χ0v) is 19.1. The number of hydrogen-bond acceptors (Lipinski definition) is 6. The summed E-state index contributed by atoms with van der Waals surface area (Å²) < 4.78 is 54.7. The summed E-state index contributed by atoms with van der Waals surface area (Å²) in [5.41, 5.74) is 7.33. The van der Waals surface area contributed by atoms with Crippen LogP contribution in [0, 0.1) is 25.5 Å². The second kappa shape index (κ2) is 9.26. The van der Waals surface area contributed by atoms with E-state index in [1.165, 1.54) is 6.07 Å². The first kappa shape index (κ1) is 23.4. The lowest BCUT2D eigenvalue weighted by Gasteiger charge is -2.39. The number of pyridine rings is 1. The Kier molecular flexibility index (Phi) is 6.57. The van der Waals surface area contributed by atoms with Crippen molar-refractivity contribution in [3.8, 4) is 5.75 Å². The number of imidazole rings is 1. The summed E-state index contributed by atoms with van der Waals surface area (Å²) in [7, 11) is -2.50. The Bertz CT molecular complexity index is 1170. The van der Waals surface area contributed by atoms with Gasteiger partial charge in [-0.2, -0.15) is 10.6 Å². The fraction of sp³-hybridized carbons (Fsp3) is 0.364. The Labute approximate surface area is 191 Å². The Balaban J connectivity index is 1.53. The van der Waals surface area contributed by atoms with Gasteiger partial charge < -0.3 is 4.74 Å². The number of aromatic nitrogens is 2. The van der Waals surface area contributed by atoms with Gasteiger partial charge in [0.2, 0.25) is 0 Å². The molecule has 0 saturated carbocycles. The molecule has 0 unspecified atom stereocenters. The third-order valence-electron chi connectivity index (χ3n) is 5.62. The summed E-state index contributed by atoms with van der Waals surface area (Å²) >= 11 is 0. The van der Waals surface area contributed by atoms with E-state index in [9.17, 15) is 22.7 Å². The third kappa shape index (κ3) is 5.11. The van der Waals surface area contributed by atoms with Crippen molar-refractivity contribution in [2.45, 2.75) is 39.3 Å². The fourth-order valence-electron chi connectivity index (χ4n) is 3.84. The van der Waals surface area contributed by atoms with Gasteiger partial charge in [-0.05, 0) is 50.5 Å². The number of aryl methyl sites for hydroxylation is 2. The average Bonchev–Trinajstić information content (AvgIpc) is 3.08. The minimum Gasteiger partial charge on any atom is -0.485 e. The zero-order chi connectivity index (χ0) is 23.8. The maximum Gasteiger partial charge on any atom is 0.284 e. The largest absolute Gasteiger partial charge is 0.485 e. The summed E-state index contributed by atoms with van der Waals surface area (Å²) in [5.74, 6) is -0.907. The van der Waals surface area contributed by atoms with Crippen LogP contribution in [-0.2, 0) is 6.61 Å². The van der Waals surface area contributed by atoms with Crippen LogP contribution in [0.25, 0.3) is 5.65 Å². The normalized spacial score (nSPS) is 17.2. The van der Waals surface area contributed by atoms with Crippen molar-refractivity contribution in [2.75, 3.05) is 11.5 Å². The summed E-state index contributed by atoms with van der Waals surface area (Å²) in [6, 6.07) is 5.24. The van der Waals surface area contributed by atoms with Crippen LogP contribution in [0.4, 0.5) is 8.78 Å². The van der Waals surface area contributed by atoms with Crippen LogP contribution in [0.2, 0.25) is 0 Å². The van der Waals surface area contributed by atoms with E-state index in [2.05, 4.69) is 15.8 Å². The molecule has 0 spiro atoms. The standard InChI is InChI=1S/C22H26F2N4O4S/c1-13-10-19(32-12-16-17(23)4-3-5-18(16)24)21-25-14(2)20(28(21)11-13)22(29)27-26-15-6-8-33(30,31)9-7-15/h3-5,10-11,15,26,30-31H,6-9,12H2,1-2H3,(H,27,29). The lowest BCUT2D eigenvalue weighted by Crippen LogP contribution is -2.47. The molecule has 8 nitrogen and oxygen atoms in total. The predicted molar refractivity (Wildman–Crippen MR) is 122 cm³/mol. The van der Waals surface area contributed by atoms with Crippen molar-refractivity contribution in [1.29, 1.82) is 0 Å². The Morgan fingerprint density at radius 3 is 2.58 bits per heavy atom. The minimum atomic E-state index is -2.50. The molecule has 4 N–H and O–H groups in total. The molecule has 4 rings (SSSR count). The van der Waals surface area contributed by atoms with E-state index in [0.29, 0.717) is 47.1 Å². The molecule has 33 heavy (non-hydrogen) atoms. The maximum atomic E-state index is 14.0. The zero-order valence-electron chi connectivity index (χ0n) is 18.3. The lowest BCUT2D eigenvalue weighted by atomic mass is 10.2. The smallest absolute Gasteiger partial charge is 0.284 e. The molecule has 2 aromatic heterocycles. The van der Waals surface area contributed by atoms with Gasteiger partial charge in [0.15, 0.2) is 11.4 Å². The Hall–Kier alpha value is -2.73. The first-order valence-corrected chi connectivity index (χ1v) is 12.4. The molecule has 1 fully saturated rings. The summed E-state index contributed by atoms with van der Waals surface area (Å²) in [6.07, 6.45) is 2.81. The molecule has 0 bridgehead atoms. The highest BCUT2D eigenvalue weighted by Crippen LogP contribution is 2.43. The molecule has 1 amide bonds. The highest BCUT2D eigenvalue weighted by atomic mass is 32.3. The van der Waals surface area contributed by atoms with Crippen molar-refractivity contribution in [2.24, 2.45) is 0 Å². The van der Waals surface area contributed by atoms with E-state index in [1.807, 2.05) is 6.92 Å². The molecular weight excluding hydrogens is 454 g/mol. The van der Waals surface area contributed by atoms with E-state index >= 15 is 0 Å². The molecule has 0 atom stereocenters. The van der Waals surface area contributed by atoms with E-state index < -0.39 is 28.1 Å². The number of hydrazine groups is 1. The van der Waals surface area contributed by atoms with Crippen LogP contribution in [-0.4, -0.2) is 41.9 Å². The molecular formula is C22H26F2N4O4S. The van der Waals surface area contributed by atoms with Gasteiger partial charge in [0.1, 0.15) is 23.9 Å². The van der Waals surface area contributed by atoms with Gasteiger partial charge in [-0.3, -0.25) is 23.7 Å². The van der Waals surface area contributed by atoms with Gasteiger partial charge in [0, 0.05) is 23.7 Å². The highest BCUT2D eigenvalue weighted by molar-refractivity contribution is 8.24. The van der Waals surface area contributed by atoms with Crippen molar-refractivity contribution >= 4 is 22.1 Å². The fourth-order valence-corrected chi connectivity index (χ4v) is 5.37. The molecule has 11 heteroatoms. The molecule has 1 aliphatic rings. The van der Waals surface area contributed by atoms with Gasteiger partial charge >= 0.3 is 0 Å². The summed E-state index contributed by atoms with van der Waals surface area (Å²) in [5, 5.41) is 0. The monoisotopic (exact) mass is 480 g/mol.